The predicted octanol–water partition coefficient (Wildman–Crippen LogP) is 2.45. The number of ketones is 1. The highest BCUT2D eigenvalue weighted by Gasteiger charge is 2.09. The number of hydrogen-bond acceptors (Lipinski definition) is 3. The van der Waals surface area contributed by atoms with Crippen molar-refractivity contribution in [2.24, 2.45) is 0 Å². The van der Waals surface area contributed by atoms with Crippen molar-refractivity contribution in [1.82, 2.24) is 10.2 Å². The summed E-state index contributed by atoms with van der Waals surface area (Å²) >= 11 is 0. The van der Waals surface area contributed by atoms with Gasteiger partial charge < -0.3 is 0 Å². The number of carbonyl (C=O) groups excluding carboxylic acids is 1. The van der Waals surface area contributed by atoms with Crippen molar-refractivity contribution in [3.8, 4) is 0 Å². The number of aromatic nitrogens is 2. The van der Waals surface area contributed by atoms with E-state index >= 15 is 0 Å². The van der Waals surface area contributed by atoms with Gasteiger partial charge in [-0.15, -0.1) is 10.2 Å². The van der Waals surface area contributed by atoms with Gasteiger partial charge in [-0.3, -0.25) is 4.79 Å². The minimum absolute atomic E-state index is 0.0394. The molecule has 0 amide bonds. The molecule has 1 aromatic heterocycles. The molecular formula is C12H12N2O. The number of Topliss-reactive ketones (excluding diaryl/α,β-unsaturated/α-hetero) is 1. The van der Waals surface area contributed by atoms with Gasteiger partial charge in [0, 0.05) is 12.3 Å². The fraction of sp³-hybridized carbons (Fsp3) is 0.250. The Balaban J connectivity index is 2.80. The maximum Gasteiger partial charge on any atom is 0.180 e. The first kappa shape index (κ1) is 9.77. The molecule has 0 saturated heterocycles. The number of rotatable bonds is 1. The largest absolute Gasteiger partial charge is 0.293 e. The molecule has 1 heterocycles. The molecule has 3 heteroatoms. The summed E-state index contributed by atoms with van der Waals surface area (Å²) in [6.45, 7) is 5.43. The van der Waals surface area contributed by atoms with E-state index in [1.54, 1.807) is 0 Å². The molecule has 0 aliphatic carbocycles. The number of fused-ring (bicyclic) bond motifs is 1. The van der Waals surface area contributed by atoms with Crippen LogP contribution in [0.3, 0.4) is 0 Å². The zero-order valence-corrected chi connectivity index (χ0v) is 9.03. The molecule has 76 valence electrons. The molecule has 0 bridgehead atoms. The van der Waals surface area contributed by atoms with Crippen LogP contribution in [-0.2, 0) is 0 Å². The maximum atomic E-state index is 11.3. The molecule has 0 spiro atoms. The molecule has 0 atom stereocenters. The third-order valence-electron chi connectivity index (χ3n) is 2.50. The number of carbonyl (C=O) groups is 1. The van der Waals surface area contributed by atoms with Gasteiger partial charge in [0.2, 0.25) is 0 Å². The normalized spacial score (nSPS) is 10.6. The molecule has 15 heavy (non-hydrogen) atoms. The SMILES string of the molecule is CC(=O)c1nnc2cc(C)ccc2c1C. The minimum atomic E-state index is -0.0394. The van der Waals surface area contributed by atoms with E-state index < -0.39 is 0 Å². The number of benzene rings is 1. The molecule has 1 aromatic carbocycles. The highest BCUT2D eigenvalue weighted by Crippen LogP contribution is 2.19. The Labute approximate surface area is 88.1 Å². The predicted molar refractivity (Wildman–Crippen MR) is 59.0 cm³/mol. The summed E-state index contributed by atoms with van der Waals surface area (Å²) in [4.78, 5) is 11.3. The number of hydrogen-bond donors (Lipinski definition) is 0. The highest BCUT2D eigenvalue weighted by molar-refractivity contribution is 5.97. The summed E-state index contributed by atoms with van der Waals surface area (Å²) in [5, 5.41) is 9.00. The van der Waals surface area contributed by atoms with Gasteiger partial charge in [0.25, 0.3) is 0 Å². The van der Waals surface area contributed by atoms with E-state index in [2.05, 4.69) is 10.2 Å². The topological polar surface area (TPSA) is 42.9 Å². The monoisotopic (exact) mass is 200 g/mol. The van der Waals surface area contributed by atoms with Crippen LogP contribution in [0.1, 0.15) is 28.5 Å². The van der Waals surface area contributed by atoms with E-state index in [4.69, 9.17) is 0 Å². The quantitative estimate of drug-likeness (QED) is 0.664. The molecule has 0 aliphatic rings. The van der Waals surface area contributed by atoms with E-state index in [1.165, 1.54) is 6.92 Å². The zero-order chi connectivity index (χ0) is 11.0. The van der Waals surface area contributed by atoms with Crippen molar-refractivity contribution >= 4 is 16.7 Å². The van der Waals surface area contributed by atoms with Crippen LogP contribution in [0.25, 0.3) is 10.9 Å². The van der Waals surface area contributed by atoms with Crippen LogP contribution in [0.2, 0.25) is 0 Å². The van der Waals surface area contributed by atoms with Crippen molar-refractivity contribution in [3.05, 3.63) is 35.0 Å². The lowest BCUT2D eigenvalue weighted by molar-refractivity contribution is 0.101. The Bertz CT molecular complexity index is 547. The lowest BCUT2D eigenvalue weighted by Crippen LogP contribution is -2.03. The van der Waals surface area contributed by atoms with Gasteiger partial charge in [-0.25, -0.2) is 0 Å². The summed E-state index contributed by atoms with van der Waals surface area (Å²) in [6.07, 6.45) is 0. The second-order valence-corrected chi connectivity index (χ2v) is 3.75. The van der Waals surface area contributed by atoms with Crippen molar-refractivity contribution < 1.29 is 4.79 Å². The first-order valence-electron chi connectivity index (χ1n) is 4.84. The second-order valence-electron chi connectivity index (χ2n) is 3.75. The van der Waals surface area contributed by atoms with E-state index in [-0.39, 0.29) is 5.78 Å². The summed E-state index contributed by atoms with van der Waals surface area (Å²) in [7, 11) is 0. The van der Waals surface area contributed by atoms with Crippen LogP contribution >= 0.6 is 0 Å². The summed E-state index contributed by atoms with van der Waals surface area (Å²) in [6, 6.07) is 5.97. The van der Waals surface area contributed by atoms with Crippen LogP contribution in [0.4, 0.5) is 0 Å². The molecule has 0 saturated carbocycles. The Morgan fingerprint density at radius 2 is 1.93 bits per heavy atom. The minimum Gasteiger partial charge on any atom is -0.293 e. The fourth-order valence-electron chi connectivity index (χ4n) is 1.68. The average molecular weight is 200 g/mol. The Hall–Kier alpha value is -1.77. The highest BCUT2D eigenvalue weighted by atomic mass is 16.1. The third kappa shape index (κ3) is 1.61. The van der Waals surface area contributed by atoms with Gasteiger partial charge in [-0.2, -0.15) is 0 Å². The summed E-state index contributed by atoms with van der Waals surface area (Å²) in [5.41, 5.74) is 3.36. The molecular weight excluding hydrogens is 188 g/mol. The van der Waals surface area contributed by atoms with Crippen LogP contribution in [0, 0.1) is 13.8 Å². The standard InChI is InChI=1S/C12H12N2O/c1-7-4-5-10-8(2)12(9(3)15)14-13-11(10)6-7/h4-6H,1-3H3. The van der Waals surface area contributed by atoms with Crippen LogP contribution in [0.15, 0.2) is 18.2 Å². The van der Waals surface area contributed by atoms with Crippen LogP contribution < -0.4 is 0 Å². The molecule has 3 nitrogen and oxygen atoms in total. The smallest absolute Gasteiger partial charge is 0.180 e. The van der Waals surface area contributed by atoms with E-state index in [9.17, 15) is 4.79 Å². The molecule has 2 rings (SSSR count). The average Bonchev–Trinajstić information content (AvgIpc) is 2.17. The maximum absolute atomic E-state index is 11.3. The van der Waals surface area contributed by atoms with Gasteiger partial charge in [-0.05, 0) is 31.0 Å². The lowest BCUT2D eigenvalue weighted by atomic mass is 10.1. The first-order valence-corrected chi connectivity index (χ1v) is 4.84. The van der Waals surface area contributed by atoms with Gasteiger partial charge in [-0.1, -0.05) is 12.1 Å². The van der Waals surface area contributed by atoms with Gasteiger partial charge in [0.1, 0.15) is 5.69 Å². The summed E-state index contributed by atoms with van der Waals surface area (Å²) in [5.74, 6) is -0.0394. The van der Waals surface area contributed by atoms with Crippen molar-refractivity contribution in [1.29, 1.82) is 0 Å². The van der Waals surface area contributed by atoms with Crippen LogP contribution in [-0.4, -0.2) is 16.0 Å². The van der Waals surface area contributed by atoms with E-state index in [1.807, 2.05) is 32.0 Å². The molecule has 0 N–H and O–H groups in total. The van der Waals surface area contributed by atoms with Crippen LogP contribution in [0.5, 0.6) is 0 Å². The number of aryl methyl sites for hydroxylation is 2. The van der Waals surface area contributed by atoms with Gasteiger partial charge in [0.15, 0.2) is 5.78 Å². The molecule has 0 fully saturated rings. The third-order valence-corrected chi connectivity index (χ3v) is 2.50. The first-order chi connectivity index (χ1) is 7.09. The zero-order valence-electron chi connectivity index (χ0n) is 9.03. The van der Waals surface area contributed by atoms with Gasteiger partial charge in [0.05, 0.1) is 5.52 Å². The van der Waals surface area contributed by atoms with E-state index in [0.717, 1.165) is 22.0 Å². The number of nitrogens with zero attached hydrogens (tertiary/aromatic N) is 2. The molecule has 2 aromatic rings. The lowest BCUT2D eigenvalue weighted by Gasteiger charge is -2.04. The van der Waals surface area contributed by atoms with Crippen molar-refractivity contribution in [2.45, 2.75) is 20.8 Å². The molecule has 0 unspecified atom stereocenters. The van der Waals surface area contributed by atoms with E-state index in [0.29, 0.717) is 5.69 Å². The van der Waals surface area contributed by atoms with Crippen molar-refractivity contribution in [2.75, 3.05) is 0 Å². The fourth-order valence-corrected chi connectivity index (χ4v) is 1.68. The summed E-state index contributed by atoms with van der Waals surface area (Å²) < 4.78 is 0. The molecule has 0 aliphatic heterocycles. The van der Waals surface area contributed by atoms with Crippen molar-refractivity contribution in [3.63, 3.8) is 0 Å². The second kappa shape index (κ2) is 3.42. The Kier molecular flexibility index (Phi) is 2.23. The molecule has 0 radical (unpaired) electrons. The Morgan fingerprint density at radius 3 is 2.60 bits per heavy atom. The Morgan fingerprint density at radius 1 is 1.20 bits per heavy atom. The van der Waals surface area contributed by atoms with Gasteiger partial charge >= 0.3 is 0 Å².